The van der Waals surface area contributed by atoms with Crippen LogP contribution in [0.2, 0.25) is 0 Å². The van der Waals surface area contributed by atoms with Gasteiger partial charge in [0, 0.05) is 5.33 Å². The van der Waals surface area contributed by atoms with Crippen LogP contribution in [0.25, 0.3) is 0 Å². The number of rotatable bonds is 1. The van der Waals surface area contributed by atoms with E-state index in [1.54, 1.807) is 0 Å². The molecule has 0 aliphatic heterocycles. The fourth-order valence-corrected chi connectivity index (χ4v) is 1.79. The molecule has 0 saturated carbocycles. The summed E-state index contributed by atoms with van der Waals surface area (Å²) < 4.78 is 5.17. The zero-order valence-corrected chi connectivity index (χ0v) is 7.88. The lowest BCUT2D eigenvalue weighted by atomic mass is 10.5. The van der Waals surface area contributed by atoms with Gasteiger partial charge < -0.3 is 0 Å². The molecule has 0 spiro atoms. The molecule has 8 heavy (non-hydrogen) atoms. The van der Waals surface area contributed by atoms with Crippen LogP contribution in [0, 0.1) is 0 Å². The van der Waals surface area contributed by atoms with Crippen LogP contribution < -0.4 is 0 Å². The van der Waals surface area contributed by atoms with Crippen molar-refractivity contribution in [1.82, 2.24) is 4.37 Å². The molecule has 1 aromatic heterocycles. The molecule has 1 heterocycles. The van der Waals surface area contributed by atoms with E-state index >= 15 is 0 Å². The van der Waals surface area contributed by atoms with E-state index in [1.807, 2.05) is 6.07 Å². The highest BCUT2D eigenvalue weighted by molar-refractivity contribution is 9.11. The van der Waals surface area contributed by atoms with Crippen molar-refractivity contribution in [2.45, 2.75) is 5.33 Å². The highest BCUT2D eigenvalue weighted by Gasteiger charge is 1.93. The minimum Gasteiger partial charge on any atom is -0.196 e. The molecule has 4 heteroatoms. The maximum Gasteiger partial charge on any atom is 0.0908 e. The van der Waals surface area contributed by atoms with Crippen molar-refractivity contribution >= 4 is 43.4 Å². The van der Waals surface area contributed by atoms with Crippen LogP contribution in [0.4, 0.5) is 0 Å². The van der Waals surface area contributed by atoms with Crippen molar-refractivity contribution in [2.75, 3.05) is 0 Å². The normalized spacial score (nSPS) is 9.75. The van der Waals surface area contributed by atoms with E-state index in [2.05, 4.69) is 36.2 Å². The lowest BCUT2D eigenvalue weighted by molar-refractivity contribution is 1.32. The van der Waals surface area contributed by atoms with Crippen molar-refractivity contribution < 1.29 is 0 Å². The van der Waals surface area contributed by atoms with Gasteiger partial charge in [-0.3, -0.25) is 0 Å². The summed E-state index contributed by atoms with van der Waals surface area (Å²) in [5, 5.41) is 0.842. The van der Waals surface area contributed by atoms with Gasteiger partial charge in [-0.1, -0.05) is 15.9 Å². The number of hydrogen-bond acceptors (Lipinski definition) is 2. The predicted molar refractivity (Wildman–Crippen MR) is 42.4 cm³/mol. The molecule has 0 fully saturated rings. The second kappa shape index (κ2) is 2.94. The number of hydrogen-bond donors (Lipinski definition) is 0. The van der Waals surface area contributed by atoms with Gasteiger partial charge >= 0.3 is 0 Å². The molecule has 0 amide bonds. The van der Waals surface area contributed by atoms with Gasteiger partial charge in [0.1, 0.15) is 0 Å². The van der Waals surface area contributed by atoms with Crippen LogP contribution in [0.15, 0.2) is 9.85 Å². The Morgan fingerprint density at radius 2 is 2.50 bits per heavy atom. The second-order valence-corrected chi connectivity index (χ2v) is 4.00. The van der Waals surface area contributed by atoms with Gasteiger partial charge in [-0.05, 0) is 33.5 Å². The third-order valence-electron chi connectivity index (χ3n) is 0.667. The fourth-order valence-electron chi connectivity index (χ4n) is 0.349. The molecule has 0 aliphatic carbocycles. The summed E-state index contributed by atoms with van der Waals surface area (Å²) in [6.07, 6.45) is 0. The Morgan fingerprint density at radius 1 is 1.75 bits per heavy atom. The summed E-state index contributed by atoms with van der Waals surface area (Å²) in [7, 11) is 0. The van der Waals surface area contributed by atoms with Gasteiger partial charge in [-0.25, -0.2) is 0 Å². The second-order valence-electron chi connectivity index (χ2n) is 1.26. The average molecular weight is 257 g/mol. The molecule has 1 rings (SSSR count). The van der Waals surface area contributed by atoms with E-state index in [1.165, 1.54) is 11.5 Å². The minimum atomic E-state index is 0.842. The van der Waals surface area contributed by atoms with Crippen LogP contribution in [0.1, 0.15) is 5.69 Å². The first kappa shape index (κ1) is 6.71. The minimum absolute atomic E-state index is 0.842. The quantitative estimate of drug-likeness (QED) is 0.705. The van der Waals surface area contributed by atoms with E-state index < -0.39 is 0 Å². The van der Waals surface area contributed by atoms with E-state index in [4.69, 9.17) is 0 Å². The number of nitrogens with zero attached hydrogens (tertiary/aromatic N) is 1. The Morgan fingerprint density at radius 3 is 2.75 bits per heavy atom. The topological polar surface area (TPSA) is 12.9 Å². The first-order valence-electron chi connectivity index (χ1n) is 2.00. The monoisotopic (exact) mass is 255 g/mol. The summed E-state index contributed by atoms with van der Waals surface area (Å²) >= 11 is 8.07. The van der Waals surface area contributed by atoms with E-state index in [9.17, 15) is 0 Å². The Bertz CT molecular complexity index is 174. The van der Waals surface area contributed by atoms with E-state index in [-0.39, 0.29) is 0 Å². The van der Waals surface area contributed by atoms with Gasteiger partial charge in [0.05, 0.1) is 9.48 Å². The number of aromatic nitrogens is 1. The summed E-state index contributed by atoms with van der Waals surface area (Å²) in [6, 6.07) is 2.00. The van der Waals surface area contributed by atoms with Gasteiger partial charge in [0.2, 0.25) is 0 Å². The Labute approximate surface area is 68.5 Å². The molecule has 0 unspecified atom stereocenters. The van der Waals surface area contributed by atoms with Gasteiger partial charge in [0.15, 0.2) is 0 Å². The van der Waals surface area contributed by atoms with Crippen molar-refractivity contribution in [1.29, 1.82) is 0 Å². The Kier molecular flexibility index (Phi) is 2.46. The largest absolute Gasteiger partial charge is 0.196 e. The number of halogens is 2. The van der Waals surface area contributed by atoms with Crippen molar-refractivity contribution in [3.05, 3.63) is 15.5 Å². The van der Waals surface area contributed by atoms with Crippen LogP contribution >= 0.6 is 43.4 Å². The van der Waals surface area contributed by atoms with Crippen molar-refractivity contribution in [3.63, 3.8) is 0 Å². The Hall–Kier alpha value is 0.590. The Balaban J connectivity index is 2.84. The van der Waals surface area contributed by atoms with Crippen molar-refractivity contribution in [2.24, 2.45) is 0 Å². The average Bonchev–Trinajstić information content (AvgIpc) is 2.14. The zero-order chi connectivity index (χ0) is 5.98. The maximum atomic E-state index is 4.08. The molecule has 44 valence electrons. The highest BCUT2D eigenvalue weighted by atomic mass is 79.9. The molecule has 0 aromatic carbocycles. The molecule has 0 atom stereocenters. The molecule has 0 bridgehead atoms. The maximum absolute atomic E-state index is 4.08. The number of alkyl halides is 1. The fraction of sp³-hybridized carbons (Fsp3) is 0.250. The molecule has 0 saturated heterocycles. The first-order chi connectivity index (χ1) is 3.83. The lowest BCUT2D eigenvalue weighted by Crippen LogP contribution is -1.68. The van der Waals surface area contributed by atoms with Gasteiger partial charge in [-0.15, -0.1) is 0 Å². The van der Waals surface area contributed by atoms with Crippen molar-refractivity contribution in [3.8, 4) is 0 Å². The summed E-state index contributed by atoms with van der Waals surface area (Å²) in [5.74, 6) is 0. The van der Waals surface area contributed by atoms with E-state index in [0.29, 0.717) is 0 Å². The van der Waals surface area contributed by atoms with Crippen LogP contribution in [-0.4, -0.2) is 4.37 Å². The highest BCUT2D eigenvalue weighted by Crippen LogP contribution is 2.17. The third-order valence-corrected chi connectivity index (χ3v) is 2.52. The molecule has 1 aromatic rings. The van der Waals surface area contributed by atoms with E-state index in [0.717, 1.165) is 14.8 Å². The molecular weight excluding hydrogens is 254 g/mol. The van der Waals surface area contributed by atoms with Gasteiger partial charge in [0.25, 0.3) is 0 Å². The molecule has 1 nitrogen and oxygen atoms in total. The van der Waals surface area contributed by atoms with Crippen LogP contribution in [0.3, 0.4) is 0 Å². The smallest absolute Gasteiger partial charge is 0.0908 e. The standard InChI is InChI=1S/C4H3Br2NS/c5-2-3-1-4(6)8-7-3/h1H,2H2. The summed E-state index contributed by atoms with van der Waals surface area (Å²) in [5.41, 5.74) is 1.09. The molecule has 0 aliphatic rings. The first-order valence-corrected chi connectivity index (χ1v) is 4.69. The summed E-state index contributed by atoms with van der Waals surface area (Å²) in [6.45, 7) is 0. The zero-order valence-electron chi connectivity index (χ0n) is 3.90. The van der Waals surface area contributed by atoms with Gasteiger partial charge in [-0.2, -0.15) is 4.37 Å². The lowest BCUT2D eigenvalue weighted by Gasteiger charge is -1.75. The predicted octanol–water partition coefficient (Wildman–Crippen LogP) is 2.80. The molecule has 0 radical (unpaired) electrons. The van der Waals surface area contributed by atoms with Crippen LogP contribution in [-0.2, 0) is 5.33 Å². The SMILES string of the molecule is BrCc1cc(Br)sn1. The molecule has 0 N–H and O–H groups in total. The molecular formula is C4H3Br2NS. The summed E-state index contributed by atoms with van der Waals surface area (Å²) in [4.78, 5) is 0. The van der Waals surface area contributed by atoms with Crippen LogP contribution in [0.5, 0.6) is 0 Å². The third kappa shape index (κ3) is 1.53.